The molecule has 0 radical (unpaired) electrons. The van der Waals surface area contributed by atoms with Crippen LogP contribution in [0, 0.1) is 5.82 Å². The monoisotopic (exact) mass is 297 g/mol. The highest BCUT2D eigenvalue weighted by Gasteiger charge is 2.34. The molecule has 0 saturated carbocycles. The molecule has 5 heteroatoms. The van der Waals surface area contributed by atoms with Crippen molar-refractivity contribution in [2.75, 3.05) is 6.54 Å². The van der Waals surface area contributed by atoms with Gasteiger partial charge in [0.15, 0.2) is 0 Å². The van der Waals surface area contributed by atoms with Gasteiger partial charge in [0.25, 0.3) is 0 Å². The molecule has 1 N–H and O–H groups in total. The third-order valence-corrected chi connectivity index (χ3v) is 3.10. The Hall–Kier alpha value is -1.88. The van der Waals surface area contributed by atoms with Gasteiger partial charge < -0.3 is 5.32 Å². The first-order valence-electron chi connectivity index (χ1n) is 6.57. The van der Waals surface area contributed by atoms with Crippen LogP contribution in [0.2, 0.25) is 0 Å². The Bertz CT molecular complexity index is 579. The summed E-state index contributed by atoms with van der Waals surface area (Å²) in [6, 6.07) is 12.8. The van der Waals surface area contributed by atoms with E-state index in [4.69, 9.17) is 0 Å². The summed E-state index contributed by atoms with van der Waals surface area (Å²) in [5.41, 5.74) is 0.349. The van der Waals surface area contributed by atoms with Crippen LogP contribution in [0.25, 0.3) is 0 Å². The molecule has 2 rings (SSSR count). The van der Waals surface area contributed by atoms with Crippen molar-refractivity contribution in [3.8, 4) is 0 Å². The maximum absolute atomic E-state index is 13.1. The third kappa shape index (κ3) is 4.56. The fourth-order valence-electron chi connectivity index (χ4n) is 2.01. The highest BCUT2D eigenvalue weighted by atomic mass is 19.4. The molecule has 112 valence electrons. The zero-order valence-electron chi connectivity index (χ0n) is 11.3. The Kier molecular flexibility index (Phi) is 4.96. The number of nitrogens with one attached hydrogen (secondary N) is 1. The predicted molar refractivity (Wildman–Crippen MR) is 73.3 cm³/mol. The van der Waals surface area contributed by atoms with Crippen molar-refractivity contribution < 1.29 is 17.6 Å². The molecule has 1 nitrogen and oxygen atoms in total. The van der Waals surface area contributed by atoms with Crippen LogP contribution >= 0.6 is 0 Å². The van der Waals surface area contributed by atoms with Crippen molar-refractivity contribution in [1.82, 2.24) is 5.32 Å². The highest BCUT2D eigenvalue weighted by molar-refractivity contribution is 5.27. The van der Waals surface area contributed by atoms with Gasteiger partial charge in [0.1, 0.15) is 5.82 Å². The molecule has 0 aliphatic carbocycles. The van der Waals surface area contributed by atoms with Crippen molar-refractivity contribution in [3.63, 3.8) is 0 Å². The van der Waals surface area contributed by atoms with Crippen molar-refractivity contribution >= 4 is 0 Å². The summed E-state index contributed by atoms with van der Waals surface area (Å²) in [5.74, 6) is -1.24. The van der Waals surface area contributed by atoms with Crippen molar-refractivity contribution in [2.45, 2.75) is 19.1 Å². The highest BCUT2D eigenvalue weighted by Crippen LogP contribution is 2.31. The average molecular weight is 297 g/mol. The van der Waals surface area contributed by atoms with Crippen LogP contribution in [0.5, 0.6) is 0 Å². The van der Waals surface area contributed by atoms with Gasteiger partial charge in [0.2, 0.25) is 0 Å². The van der Waals surface area contributed by atoms with Crippen LogP contribution in [0.4, 0.5) is 17.6 Å². The lowest BCUT2D eigenvalue weighted by Gasteiger charge is -2.11. The molecule has 0 fully saturated rings. The van der Waals surface area contributed by atoms with Crippen molar-refractivity contribution in [2.24, 2.45) is 0 Å². The maximum Gasteiger partial charge on any atom is 0.419 e. The molecular formula is C16H15F4N. The van der Waals surface area contributed by atoms with Gasteiger partial charge in [-0.1, -0.05) is 36.4 Å². The smallest absolute Gasteiger partial charge is 0.312 e. The first-order valence-corrected chi connectivity index (χ1v) is 6.57. The first kappa shape index (κ1) is 15.5. The standard InChI is InChI=1S/C16H15F4N/c17-15-7-6-13(10-14(15)16(18,19)20)11-21-9-8-12-4-2-1-3-5-12/h1-7,10,21H,8-9,11H2. The molecule has 2 aromatic carbocycles. The fraction of sp³-hybridized carbons (Fsp3) is 0.250. The molecule has 0 bridgehead atoms. The topological polar surface area (TPSA) is 12.0 Å². The van der Waals surface area contributed by atoms with E-state index in [1.54, 1.807) is 0 Å². The Morgan fingerprint density at radius 2 is 1.62 bits per heavy atom. The lowest BCUT2D eigenvalue weighted by atomic mass is 10.1. The zero-order valence-corrected chi connectivity index (χ0v) is 11.3. The zero-order chi connectivity index (χ0) is 15.3. The second kappa shape index (κ2) is 6.72. The summed E-state index contributed by atoms with van der Waals surface area (Å²) in [6.07, 6.45) is -3.88. The van der Waals surface area contributed by atoms with Crippen LogP contribution in [0.15, 0.2) is 48.5 Å². The summed E-state index contributed by atoms with van der Waals surface area (Å²) < 4.78 is 50.9. The largest absolute Gasteiger partial charge is 0.419 e. The minimum Gasteiger partial charge on any atom is -0.312 e. The fourth-order valence-corrected chi connectivity index (χ4v) is 2.01. The quantitative estimate of drug-likeness (QED) is 0.645. The Morgan fingerprint density at radius 1 is 0.905 bits per heavy atom. The second-order valence-electron chi connectivity index (χ2n) is 4.72. The molecular weight excluding hydrogens is 282 g/mol. The van der Waals surface area contributed by atoms with Crippen LogP contribution in [-0.2, 0) is 19.1 Å². The van der Waals surface area contributed by atoms with E-state index in [2.05, 4.69) is 5.32 Å². The molecule has 0 spiro atoms. The van der Waals surface area contributed by atoms with E-state index >= 15 is 0 Å². The molecule has 2 aromatic rings. The van der Waals surface area contributed by atoms with Gasteiger partial charge in [-0.2, -0.15) is 13.2 Å². The minimum absolute atomic E-state index is 0.274. The Morgan fingerprint density at radius 3 is 2.29 bits per heavy atom. The maximum atomic E-state index is 13.1. The van der Waals surface area contributed by atoms with Crippen molar-refractivity contribution in [1.29, 1.82) is 0 Å². The van der Waals surface area contributed by atoms with E-state index in [-0.39, 0.29) is 6.54 Å². The summed E-state index contributed by atoms with van der Waals surface area (Å²) in [5, 5.41) is 3.06. The average Bonchev–Trinajstić information content (AvgIpc) is 2.45. The Labute approximate surface area is 120 Å². The predicted octanol–water partition coefficient (Wildman–Crippen LogP) is 4.18. The van der Waals surface area contributed by atoms with Gasteiger partial charge >= 0.3 is 6.18 Å². The summed E-state index contributed by atoms with van der Waals surface area (Å²) in [6.45, 7) is 0.916. The number of hydrogen-bond donors (Lipinski definition) is 1. The lowest BCUT2D eigenvalue weighted by Crippen LogP contribution is -2.17. The van der Waals surface area contributed by atoms with Crippen LogP contribution in [-0.4, -0.2) is 6.54 Å². The molecule has 0 unspecified atom stereocenters. The molecule has 0 heterocycles. The van der Waals surface area contributed by atoms with Crippen molar-refractivity contribution in [3.05, 3.63) is 71.0 Å². The van der Waals surface area contributed by atoms with E-state index in [1.807, 2.05) is 30.3 Å². The molecule has 0 aliphatic heterocycles. The molecule has 0 aromatic heterocycles. The Balaban J connectivity index is 1.89. The molecule has 0 atom stereocenters. The normalized spacial score (nSPS) is 11.6. The molecule has 21 heavy (non-hydrogen) atoms. The van der Waals surface area contributed by atoms with Gasteiger partial charge in [-0.15, -0.1) is 0 Å². The number of rotatable bonds is 5. The van der Waals surface area contributed by atoms with Gasteiger partial charge in [0, 0.05) is 6.54 Å². The van der Waals surface area contributed by atoms with E-state index in [9.17, 15) is 17.6 Å². The van der Waals surface area contributed by atoms with Gasteiger partial charge in [0.05, 0.1) is 5.56 Å². The minimum atomic E-state index is -4.66. The SMILES string of the molecule is Fc1ccc(CNCCc2ccccc2)cc1C(F)(F)F. The second-order valence-corrected chi connectivity index (χ2v) is 4.72. The van der Waals surface area contributed by atoms with Gasteiger partial charge in [-0.05, 0) is 36.2 Å². The molecule has 0 aliphatic rings. The first-order chi connectivity index (χ1) is 9.97. The summed E-state index contributed by atoms with van der Waals surface area (Å²) in [4.78, 5) is 0. The van der Waals surface area contributed by atoms with Gasteiger partial charge in [-0.3, -0.25) is 0 Å². The van der Waals surface area contributed by atoms with E-state index in [1.165, 1.54) is 6.07 Å². The summed E-state index contributed by atoms with van der Waals surface area (Å²) in [7, 11) is 0. The number of benzene rings is 2. The number of halogens is 4. The molecule has 0 saturated heterocycles. The lowest BCUT2D eigenvalue weighted by molar-refractivity contribution is -0.140. The van der Waals surface area contributed by atoms with E-state index in [0.717, 1.165) is 24.1 Å². The van der Waals surface area contributed by atoms with Crippen LogP contribution in [0.3, 0.4) is 0 Å². The third-order valence-electron chi connectivity index (χ3n) is 3.10. The molecule has 0 amide bonds. The van der Waals surface area contributed by atoms with E-state index in [0.29, 0.717) is 12.1 Å². The number of alkyl halides is 3. The van der Waals surface area contributed by atoms with Crippen LogP contribution in [0.1, 0.15) is 16.7 Å². The van der Waals surface area contributed by atoms with E-state index < -0.39 is 17.6 Å². The van der Waals surface area contributed by atoms with Gasteiger partial charge in [-0.25, -0.2) is 4.39 Å². The number of hydrogen-bond acceptors (Lipinski definition) is 1. The summed E-state index contributed by atoms with van der Waals surface area (Å²) >= 11 is 0. The van der Waals surface area contributed by atoms with Crippen LogP contribution < -0.4 is 5.32 Å².